The van der Waals surface area contributed by atoms with Crippen molar-refractivity contribution in [2.24, 2.45) is 5.92 Å². The standard InChI is InChI=1S/C7H10O2/c8-5-6-2-1-3-7(9)4-6/h3,5-6,9H,1-2,4H2. The normalized spacial score (nSPS) is 27.1. The molecule has 1 aliphatic rings. The molecule has 2 heteroatoms. The lowest BCUT2D eigenvalue weighted by Crippen LogP contribution is -2.07. The van der Waals surface area contributed by atoms with Crippen LogP contribution in [0.2, 0.25) is 0 Å². The van der Waals surface area contributed by atoms with Gasteiger partial charge in [-0.2, -0.15) is 0 Å². The van der Waals surface area contributed by atoms with Crippen LogP contribution in [0.1, 0.15) is 19.3 Å². The lowest BCUT2D eigenvalue weighted by atomic mass is 9.95. The van der Waals surface area contributed by atoms with Crippen molar-refractivity contribution in [2.75, 3.05) is 0 Å². The van der Waals surface area contributed by atoms with Crippen LogP contribution in [0.15, 0.2) is 11.8 Å². The maximum absolute atomic E-state index is 10.2. The maximum Gasteiger partial charge on any atom is 0.123 e. The summed E-state index contributed by atoms with van der Waals surface area (Å²) in [6, 6.07) is 0. The summed E-state index contributed by atoms with van der Waals surface area (Å²) in [4.78, 5) is 10.2. The van der Waals surface area contributed by atoms with Crippen LogP contribution in [0.3, 0.4) is 0 Å². The summed E-state index contributed by atoms with van der Waals surface area (Å²) in [5.41, 5.74) is 0. The van der Waals surface area contributed by atoms with Gasteiger partial charge in [0.05, 0.1) is 5.76 Å². The van der Waals surface area contributed by atoms with Crippen LogP contribution in [-0.2, 0) is 4.79 Å². The maximum atomic E-state index is 10.2. The highest BCUT2D eigenvalue weighted by molar-refractivity contribution is 5.54. The summed E-state index contributed by atoms with van der Waals surface area (Å²) in [5.74, 6) is 0.438. The number of aldehydes is 1. The number of rotatable bonds is 1. The molecule has 0 bridgehead atoms. The molecule has 0 saturated carbocycles. The van der Waals surface area contributed by atoms with Crippen LogP contribution in [0.5, 0.6) is 0 Å². The van der Waals surface area contributed by atoms with Crippen molar-refractivity contribution in [1.29, 1.82) is 0 Å². The fraction of sp³-hybridized carbons (Fsp3) is 0.571. The summed E-state index contributed by atoms with van der Waals surface area (Å²) in [5, 5.41) is 8.91. The Hall–Kier alpha value is -0.790. The van der Waals surface area contributed by atoms with Gasteiger partial charge >= 0.3 is 0 Å². The van der Waals surface area contributed by atoms with E-state index in [0.29, 0.717) is 12.2 Å². The van der Waals surface area contributed by atoms with Crippen molar-refractivity contribution in [2.45, 2.75) is 19.3 Å². The number of carbonyl (C=O) groups is 1. The predicted octanol–water partition coefficient (Wildman–Crippen LogP) is 1.43. The van der Waals surface area contributed by atoms with Crippen molar-refractivity contribution in [3.05, 3.63) is 11.8 Å². The summed E-state index contributed by atoms with van der Waals surface area (Å²) in [7, 11) is 0. The third kappa shape index (κ3) is 1.56. The van der Waals surface area contributed by atoms with Crippen LogP contribution in [-0.4, -0.2) is 11.4 Å². The number of aliphatic hydroxyl groups is 1. The van der Waals surface area contributed by atoms with E-state index in [9.17, 15) is 4.79 Å². The van der Waals surface area contributed by atoms with Gasteiger partial charge < -0.3 is 9.90 Å². The zero-order valence-corrected chi connectivity index (χ0v) is 5.21. The van der Waals surface area contributed by atoms with E-state index in [2.05, 4.69) is 0 Å². The molecule has 0 fully saturated rings. The van der Waals surface area contributed by atoms with Crippen molar-refractivity contribution < 1.29 is 9.90 Å². The first kappa shape index (κ1) is 6.33. The minimum atomic E-state index is 0.0648. The Kier molecular flexibility index (Phi) is 1.88. The Morgan fingerprint density at radius 1 is 1.78 bits per heavy atom. The van der Waals surface area contributed by atoms with Crippen LogP contribution < -0.4 is 0 Å². The van der Waals surface area contributed by atoms with Crippen LogP contribution in [0.4, 0.5) is 0 Å². The van der Waals surface area contributed by atoms with Crippen LogP contribution >= 0.6 is 0 Å². The SMILES string of the molecule is O=CC1CCC=C(O)C1. The molecule has 9 heavy (non-hydrogen) atoms. The molecule has 1 atom stereocenters. The van der Waals surface area contributed by atoms with E-state index < -0.39 is 0 Å². The van der Waals surface area contributed by atoms with Crippen molar-refractivity contribution in [3.8, 4) is 0 Å². The Morgan fingerprint density at radius 2 is 2.56 bits per heavy atom. The van der Waals surface area contributed by atoms with E-state index in [1.54, 1.807) is 6.08 Å². The van der Waals surface area contributed by atoms with Gasteiger partial charge in [-0.3, -0.25) is 0 Å². The highest BCUT2D eigenvalue weighted by atomic mass is 16.3. The van der Waals surface area contributed by atoms with E-state index in [4.69, 9.17) is 5.11 Å². The molecule has 2 nitrogen and oxygen atoms in total. The third-order valence-corrected chi connectivity index (χ3v) is 1.58. The van der Waals surface area contributed by atoms with Gasteiger partial charge in [-0.05, 0) is 18.9 Å². The smallest absolute Gasteiger partial charge is 0.123 e. The van der Waals surface area contributed by atoms with Gasteiger partial charge in [0, 0.05) is 12.3 Å². The molecular weight excluding hydrogens is 116 g/mol. The summed E-state index contributed by atoms with van der Waals surface area (Å²) < 4.78 is 0. The van der Waals surface area contributed by atoms with Gasteiger partial charge in [-0.15, -0.1) is 0 Å². The van der Waals surface area contributed by atoms with Gasteiger partial charge in [-0.25, -0.2) is 0 Å². The first-order chi connectivity index (χ1) is 4.33. The Morgan fingerprint density at radius 3 is 3.00 bits per heavy atom. The van der Waals surface area contributed by atoms with Gasteiger partial charge in [-0.1, -0.05) is 0 Å². The molecule has 1 unspecified atom stereocenters. The quantitative estimate of drug-likeness (QED) is 0.539. The average molecular weight is 126 g/mol. The molecule has 0 heterocycles. The number of carbonyl (C=O) groups excluding carboxylic acids is 1. The first-order valence-corrected chi connectivity index (χ1v) is 3.16. The molecule has 1 rings (SSSR count). The monoisotopic (exact) mass is 126 g/mol. The highest BCUT2D eigenvalue weighted by Crippen LogP contribution is 2.19. The Balaban J connectivity index is 2.48. The van der Waals surface area contributed by atoms with Crippen molar-refractivity contribution in [1.82, 2.24) is 0 Å². The van der Waals surface area contributed by atoms with Gasteiger partial charge in [0.15, 0.2) is 0 Å². The molecule has 0 aromatic heterocycles. The van der Waals surface area contributed by atoms with E-state index in [1.165, 1.54) is 0 Å². The van der Waals surface area contributed by atoms with E-state index >= 15 is 0 Å². The third-order valence-electron chi connectivity index (χ3n) is 1.58. The molecule has 50 valence electrons. The molecule has 0 radical (unpaired) electrons. The lowest BCUT2D eigenvalue weighted by molar-refractivity contribution is -0.111. The first-order valence-electron chi connectivity index (χ1n) is 3.16. The second kappa shape index (κ2) is 2.67. The van der Waals surface area contributed by atoms with E-state index in [1.807, 2.05) is 0 Å². The van der Waals surface area contributed by atoms with E-state index in [0.717, 1.165) is 19.1 Å². The highest BCUT2D eigenvalue weighted by Gasteiger charge is 2.12. The van der Waals surface area contributed by atoms with Gasteiger partial charge in [0.25, 0.3) is 0 Å². The summed E-state index contributed by atoms with van der Waals surface area (Å²) in [6.07, 6.45) is 4.98. The molecule has 0 amide bonds. The van der Waals surface area contributed by atoms with Crippen LogP contribution in [0.25, 0.3) is 0 Å². The second-order valence-corrected chi connectivity index (χ2v) is 2.37. The molecule has 0 spiro atoms. The van der Waals surface area contributed by atoms with Gasteiger partial charge in [0.1, 0.15) is 6.29 Å². The van der Waals surface area contributed by atoms with Crippen LogP contribution in [0, 0.1) is 5.92 Å². The fourth-order valence-electron chi connectivity index (χ4n) is 1.03. The number of aliphatic hydroxyl groups excluding tert-OH is 1. The molecule has 0 aromatic rings. The second-order valence-electron chi connectivity index (χ2n) is 2.37. The zero-order chi connectivity index (χ0) is 6.69. The number of hydrogen-bond donors (Lipinski definition) is 1. The van der Waals surface area contributed by atoms with Crippen molar-refractivity contribution in [3.63, 3.8) is 0 Å². The lowest BCUT2D eigenvalue weighted by Gasteiger charge is -2.12. The van der Waals surface area contributed by atoms with E-state index in [-0.39, 0.29) is 5.92 Å². The largest absolute Gasteiger partial charge is 0.513 e. The summed E-state index contributed by atoms with van der Waals surface area (Å²) in [6.45, 7) is 0. The topological polar surface area (TPSA) is 37.3 Å². The zero-order valence-electron chi connectivity index (χ0n) is 5.21. The molecular formula is C7H10O2. The average Bonchev–Trinajstić information content (AvgIpc) is 1.88. The molecule has 1 N–H and O–H groups in total. The Bertz CT molecular complexity index is 138. The van der Waals surface area contributed by atoms with Crippen molar-refractivity contribution >= 4 is 6.29 Å². The number of hydrogen-bond acceptors (Lipinski definition) is 2. The fourth-order valence-corrected chi connectivity index (χ4v) is 1.03. The molecule has 0 saturated heterocycles. The molecule has 0 aromatic carbocycles. The summed E-state index contributed by atoms with van der Waals surface area (Å²) >= 11 is 0. The molecule has 0 aliphatic heterocycles. The van der Waals surface area contributed by atoms with Gasteiger partial charge in [0.2, 0.25) is 0 Å². The molecule has 1 aliphatic carbocycles. The number of allylic oxidation sites excluding steroid dienone is 2. The minimum absolute atomic E-state index is 0.0648. The predicted molar refractivity (Wildman–Crippen MR) is 34.1 cm³/mol. The minimum Gasteiger partial charge on any atom is -0.513 e. The Labute approximate surface area is 54.2 Å².